The Bertz CT molecular complexity index is 710. The Balaban J connectivity index is 1.83. The first-order valence-electron chi connectivity index (χ1n) is 6.91. The average molecular weight is 322 g/mol. The molecule has 1 atom stereocenters. The van der Waals surface area contributed by atoms with E-state index >= 15 is 0 Å². The molecule has 0 aliphatic carbocycles. The highest BCUT2D eigenvalue weighted by Gasteiger charge is 2.32. The number of rotatable bonds is 3. The molecular formula is C15H18N2O4S. The fraction of sp³-hybridized carbons (Fsp3) is 0.333. The predicted octanol–water partition coefficient (Wildman–Crippen LogP) is 0.590. The van der Waals surface area contributed by atoms with Crippen LogP contribution in [0.2, 0.25) is 0 Å². The van der Waals surface area contributed by atoms with E-state index in [-0.39, 0.29) is 11.5 Å². The summed E-state index contributed by atoms with van der Waals surface area (Å²) >= 11 is 0. The summed E-state index contributed by atoms with van der Waals surface area (Å²) < 4.78 is 22.6. The van der Waals surface area contributed by atoms with Crippen LogP contribution in [0.5, 0.6) is 0 Å². The lowest BCUT2D eigenvalue weighted by Gasteiger charge is -2.09. The highest BCUT2D eigenvalue weighted by molar-refractivity contribution is 7.91. The molecule has 0 saturated carbocycles. The van der Waals surface area contributed by atoms with E-state index in [0.29, 0.717) is 6.42 Å². The van der Waals surface area contributed by atoms with Crippen molar-refractivity contribution in [3.63, 3.8) is 0 Å². The minimum absolute atomic E-state index is 0.0201. The van der Waals surface area contributed by atoms with Gasteiger partial charge in [-0.15, -0.1) is 0 Å². The van der Waals surface area contributed by atoms with Gasteiger partial charge >= 0.3 is 0 Å². The number of benzene rings is 1. The van der Waals surface area contributed by atoms with Crippen LogP contribution in [0.1, 0.15) is 17.5 Å². The summed E-state index contributed by atoms with van der Waals surface area (Å²) in [5, 5.41) is 0. The standard InChI is InChI=1S/C15H18N2O4S/c1-11-4-2-3-5-12(11)6-7-14(18)16-17-15(19)13-8-9-22(20,21)10-13/h2-7,13H,8-10H2,1H3,(H,16,18)(H,17,19)/b7-6+/t13-/m0/s1. The van der Waals surface area contributed by atoms with Crippen LogP contribution in [0.4, 0.5) is 0 Å². The van der Waals surface area contributed by atoms with Crippen LogP contribution >= 0.6 is 0 Å². The average Bonchev–Trinajstić information content (AvgIpc) is 2.84. The Morgan fingerprint density at radius 1 is 1.23 bits per heavy atom. The minimum Gasteiger partial charge on any atom is -0.273 e. The van der Waals surface area contributed by atoms with Gasteiger partial charge in [-0.05, 0) is 30.5 Å². The van der Waals surface area contributed by atoms with Gasteiger partial charge in [-0.2, -0.15) is 0 Å². The van der Waals surface area contributed by atoms with Crippen molar-refractivity contribution in [2.24, 2.45) is 5.92 Å². The summed E-state index contributed by atoms with van der Waals surface area (Å²) in [6.45, 7) is 1.93. The topological polar surface area (TPSA) is 92.3 Å². The van der Waals surface area contributed by atoms with Crippen molar-refractivity contribution in [3.8, 4) is 0 Å². The van der Waals surface area contributed by atoms with E-state index in [1.54, 1.807) is 6.08 Å². The quantitative estimate of drug-likeness (QED) is 0.629. The van der Waals surface area contributed by atoms with E-state index in [0.717, 1.165) is 11.1 Å². The number of amides is 2. The largest absolute Gasteiger partial charge is 0.273 e. The lowest BCUT2D eigenvalue weighted by Crippen LogP contribution is -2.44. The lowest BCUT2D eigenvalue weighted by atomic mass is 10.1. The van der Waals surface area contributed by atoms with E-state index in [4.69, 9.17) is 0 Å². The number of hydrazine groups is 1. The van der Waals surface area contributed by atoms with E-state index in [1.807, 2.05) is 31.2 Å². The van der Waals surface area contributed by atoms with E-state index in [2.05, 4.69) is 10.9 Å². The molecule has 118 valence electrons. The molecule has 1 fully saturated rings. The molecule has 1 aliphatic heterocycles. The van der Waals surface area contributed by atoms with Crippen LogP contribution in [0.3, 0.4) is 0 Å². The van der Waals surface area contributed by atoms with Crippen molar-refractivity contribution in [1.29, 1.82) is 0 Å². The molecule has 7 heteroatoms. The van der Waals surface area contributed by atoms with Gasteiger partial charge in [0.2, 0.25) is 5.91 Å². The fourth-order valence-corrected chi connectivity index (χ4v) is 3.95. The Morgan fingerprint density at radius 2 is 1.95 bits per heavy atom. The number of hydrogen-bond acceptors (Lipinski definition) is 4. The molecule has 1 heterocycles. The van der Waals surface area contributed by atoms with E-state index in [9.17, 15) is 18.0 Å². The molecule has 22 heavy (non-hydrogen) atoms. The van der Waals surface area contributed by atoms with Crippen molar-refractivity contribution < 1.29 is 18.0 Å². The first-order valence-corrected chi connectivity index (χ1v) is 8.73. The number of aryl methyl sites for hydroxylation is 1. The molecule has 6 nitrogen and oxygen atoms in total. The molecule has 1 aromatic carbocycles. The van der Waals surface area contributed by atoms with Crippen molar-refractivity contribution in [3.05, 3.63) is 41.5 Å². The number of hydrogen-bond donors (Lipinski definition) is 2. The van der Waals surface area contributed by atoms with Crippen LogP contribution in [-0.4, -0.2) is 31.7 Å². The Hall–Kier alpha value is -2.15. The van der Waals surface area contributed by atoms with Crippen molar-refractivity contribution >= 4 is 27.7 Å². The normalized spacial score (nSPS) is 20.0. The van der Waals surface area contributed by atoms with Gasteiger partial charge in [-0.3, -0.25) is 20.4 Å². The summed E-state index contributed by atoms with van der Waals surface area (Å²) in [7, 11) is -3.12. The maximum absolute atomic E-state index is 11.8. The zero-order valence-electron chi connectivity index (χ0n) is 12.2. The molecule has 2 rings (SSSR count). The smallest absolute Gasteiger partial charge is 0.262 e. The van der Waals surface area contributed by atoms with Gasteiger partial charge in [0.1, 0.15) is 0 Å². The van der Waals surface area contributed by atoms with Gasteiger partial charge in [-0.1, -0.05) is 24.3 Å². The fourth-order valence-electron chi connectivity index (χ4n) is 2.21. The van der Waals surface area contributed by atoms with Gasteiger partial charge in [0.05, 0.1) is 17.4 Å². The van der Waals surface area contributed by atoms with E-state index < -0.39 is 27.6 Å². The zero-order valence-corrected chi connectivity index (χ0v) is 13.0. The van der Waals surface area contributed by atoms with Crippen molar-refractivity contribution in [2.75, 3.05) is 11.5 Å². The van der Waals surface area contributed by atoms with Crippen LogP contribution < -0.4 is 10.9 Å². The third-order valence-electron chi connectivity index (χ3n) is 3.51. The zero-order chi connectivity index (χ0) is 16.2. The Morgan fingerprint density at radius 3 is 2.59 bits per heavy atom. The van der Waals surface area contributed by atoms with Crippen LogP contribution in [0.15, 0.2) is 30.3 Å². The molecule has 1 saturated heterocycles. The van der Waals surface area contributed by atoms with Crippen molar-refractivity contribution in [1.82, 2.24) is 10.9 Å². The molecule has 0 aromatic heterocycles. The first-order chi connectivity index (χ1) is 10.4. The second-order valence-electron chi connectivity index (χ2n) is 5.27. The second kappa shape index (κ2) is 6.74. The third-order valence-corrected chi connectivity index (χ3v) is 5.28. The maximum Gasteiger partial charge on any atom is 0.262 e. The third kappa shape index (κ3) is 4.42. The highest BCUT2D eigenvalue weighted by atomic mass is 32.2. The molecular weight excluding hydrogens is 304 g/mol. The second-order valence-corrected chi connectivity index (χ2v) is 7.50. The summed E-state index contributed by atoms with van der Waals surface area (Å²) in [6, 6.07) is 7.58. The SMILES string of the molecule is Cc1ccccc1/C=C/C(=O)NNC(=O)[C@H]1CCS(=O)(=O)C1. The lowest BCUT2D eigenvalue weighted by molar-refractivity contribution is -0.129. The first kappa shape index (κ1) is 16.2. The molecule has 0 bridgehead atoms. The summed E-state index contributed by atoms with van der Waals surface area (Å²) in [6.07, 6.45) is 3.26. The molecule has 0 radical (unpaired) electrons. The van der Waals surface area contributed by atoms with Gasteiger partial charge in [0.15, 0.2) is 9.84 Å². The number of carbonyl (C=O) groups excluding carboxylic acids is 2. The monoisotopic (exact) mass is 322 g/mol. The van der Waals surface area contributed by atoms with Crippen LogP contribution in [0.25, 0.3) is 6.08 Å². The predicted molar refractivity (Wildman–Crippen MR) is 83.3 cm³/mol. The molecule has 1 aliphatic rings. The minimum atomic E-state index is -3.12. The Kier molecular flexibility index (Phi) is 4.97. The number of carbonyl (C=O) groups is 2. The van der Waals surface area contributed by atoms with Crippen LogP contribution in [-0.2, 0) is 19.4 Å². The number of nitrogens with one attached hydrogen (secondary N) is 2. The van der Waals surface area contributed by atoms with Gasteiger partial charge < -0.3 is 0 Å². The van der Waals surface area contributed by atoms with Gasteiger partial charge in [-0.25, -0.2) is 8.42 Å². The molecule has 2 amide bonds. The molecule has 0 unspecified atom stereocenters. The summed E-state index contributed by atoms with van der Waals surface area (Å²) in [5.41, 5.74) is 6.46. The van der Waals surface area contributed by atoms with Crippen LogP contribution in [0, 0.1) is 12.8 Å². The van der Waals surface area contributed by atoms with E-state index in [1.165, 1.54) is 6.08 Å². The molecule has 1 aromatic rings. The maximum atomic E-state index is 11.8. The van der Waals surface area contributed by atoms with Gasteiger partial charge in [0.25, 0.3) is 5.91 Å². The summed E-state index contributed by atoms with van der Waals surface area (Å²) in [4.78, 5) is 23.4. The molecule has 2 N–H and O–H groups in total. The van der Waals surface area contributed by atoms with Gasteiger partial charge in [0, 0.05) is 6.08 Å². The highest BCUT2D eigenvalue weighted by Crippen LogP contribution is 2.17. The molecule has 0 spiro atoms. The number of sulfone groups is 1. The van der Waals surface area contributed by atoms with Crippen molar-refractivity contribution in [2.45, 2.75) is 13.3 Å². The Labute approximate surface area is 129 Å². The summed E-state index contributed by atoms with van der Waals surface area (Å²) in [5.74, 6) is -1.68.